The van der Waals surface area contributed by atoms with Gasteiger partial charge >= 0.3 is 36.1 Å². The van der Waals surface area contributed by atoms with Crippen molar-refractivity contribution < 1.29 is 86.2 Å². The number of Topliss-reactive ketones (excluding diaryl/α,β-unsaturated/α-hetero) is 1. The summed E-state index contributed by atoms with van der Waals surface area (Å²) in [4.78, 5) is 181. The van der Waals surface area contributed by atoms with Crippen molar-refractivity contribution in [2.75, 3.05) is 68.7 Å². The molecule has 5 saturated carbocycles. The quantitative estimate of drug-likeness (QED) is 0.0275. The van der Waals surface area contributed by atoms with Gasteiger partial charge in [-0.2, -0.15) is 0 Å². The predicted molar refractivity (Wildman–Crippen MR) is 416 cm³/mol. The Morgan fingerprint density at radius 2 is 0.812 bits per heavy atom. The van der Waals surface area contributed by atoms with Crippen LogP contribution in [0, 0.1) is 107 Å². The number of nitrogens with zero attached hydrogens (tertiary/aromatic N) is 5. The second kappa shape index (κ2) is 33.9. The number of ether oxygens (including phenoxy) is 4. The Morgan fingerprint density at radius 3 is 1.10 bits per heavy atom. The van der Waals surface area contributed by atoms with Gasteiger partial charge in [0.15, 0.2) is 0 Å². The largest absolute Gasteiger partial charge is 0.467 e. The Morgan fingerprint density at radius 1 is 0.491 bits per heavy atom. The number of hydrogen-bond acceptors (Lipinski definition) is 20. The monoisotopic (exact) mass is 1600 g/mol. The van der Waals surface area contributed by atoms with Crippen LogP contribution in [-0.4, -0.2) is 225 Å². The summed E-state index contributed by atoms with van der Waals surface area (Å²) in [6.45, 7) is 41.2. The van der Waals surface area contributed by atoms with E-state index in [1.54, 1.807) is 35.5 Å². The molecule has 1 aromatic rings. The zero-order chi connectivity index (χ0) is 84.2. The van der Waals surface area contributed by atoms with E-state index in [-0.39, 0.29) is 122 Å². The Bertz CT molecular complexity index is 3760. The number of urea groups is 2. The molecule has 0 bridgehead atoms. The third-order valence-electron chi connectivity index (χ3n) is 25.5. The zero-order valence-corrected chi connectivity index (χ0v) is 71.2. The van der Waals surface area contributed by atoms with Gasteiger partial charge < -0.3 is 81.5 Å². The van der Waals surface area contributed by atoms with Crippen LogP contribution in [0.3, 0.4) is 0 Å². The summed E-state index contributed by atoms with van der Waals surface area (Å²) in [6, 6.07) is -2.38. The molecular formula is C79H126ClN13O19. The summed E-state index contributed by atoms with van der Waals surface area (Å²) in [6.07, 6.45) is 2.56. The molecule has 32 nitrogen and oxygen atoms in total. The Hall–Kier alpha value is -8.42. The number of rotatable bonds is 18. The highest BCUT2D eigenvalue weighted by Crippen LogP contribution is 2.68. The minimum Gasteiger partial charge on any atom is -0.467 e. The van der Waals surface area contributed by atoms with Gasteiger partial charge in [-0.15, -0.1) is 12.4 Å². The molecule has 4 aliphatic heterocycles. The van der Waals surface area contributed by atoms with Gasteiger partial charge in [0, 0.05) is 77.2 Å². The molecule has 4 heterocycles. The first kappa shape index (κ1) is 92.4. The number of likely N-dealkylation sites (N-methyl/N-ethyl adjacent to an activating group) is 1. The average Bonchev–Trinajstić information content (AvgIpc) is 1.55. The fraction of sp³-hybridized carbons (Fsp3) is 0.759. The standard InChI is InChI=1S/C25H41N5O5.C22H29N3O7.C17H29N3O4.C15H26N2O3.ClH/c1-24(2,3)19(29-23(35)27-7)22(34)30-12-14-16(25(14,4)5)17(30)20(32)28-15(11-13-9-8-10-13)18(31)21(33)26-6;1-21(2,3)17(23-20(28)32-13-9-7-12(8-10-13)25(29)30)18(26)24-11-14-15(22(14,4)5)16(24)19(27)31-6;1-16(2,3)12(19-15(23)18-6)13(21)20-8-9-10(17(9,4)5)11(20)14(22)24-7;1-14(2,3)11(16)12(18)17-7-8-9(15(8,4)5)10(17)13(19)20-6;/h13-17,19H,8-12H2,1-7H3,(H,26,33)(H,28,32)(H2,27,29,35);7-10,14-17H,11H2,1-6H3,(H,23,28);9-12H,8H2,1-7H3,(H2,18,19,23);8-11H,7,16H2,1-6H3;1H/t14-,15?,16-,17-,19+;14-,15-,16-,17+;9-,10?,11-,12+;8-,9-,10-,11+;/m0000./s1. The summed E-state index contributed by atoms with van der Waals surface area (Å²) >= 11 is 0. The summed E-state index contributed by atoms with van der Waals surface area (Å²) in [7, 11) is 8.40. The van der Waals surface area contributed by atoms with Gasteiger partial charge in [0.05, 0.1) is 38.3 Å². The van der Waals surface area contributed by atoms with E-state index in [2.05, 4.69) is 92.6 Å². The molecule has 17 atom stereocenters. The van der Waals surface area contributed by atoms with Crippen molar-refractivity contribution in [1.82, 2.24) is 56.8 Å². The summed E-state index contributed by atoms with van der Waals surface area (Å²) < 4.78 is 20.0. The molecule has 10 rings (SSSR count). The van der Waals surface area contributed by atoms with Crippen molar-refractivity contribution in [3.8, 4) is 5.75 Å². The lowest BCUT2D eigenvalue weighted by Gasteiger charge is -2.38. The number of piperidine rings is 4. The van der Waals surface area contributed by atoms with Crippen molar-refractivity contribution in [2.45, 2.75) is 219 Å². The molecule has 112 heavy (non-hydrogen) atoms. The van der Waals surface area contributed by atoms with Gasteiger partial charge in [-0.25, -0.2) is 28.8 Å². The van der Waals surface area contributed by atoms with Crippen molar-refractivity contribution in [1.29, 1.82) is 0 Å². The SMILES string of the molecule is CNC(=O)N[C@H](C(=O)N1C[C@H]2C([C@H]1C(=O)OC)C2(C)C)C(C)(C)C.CNC(=O)N[C@H](C(=O)N1C[C@H]2[C@@H]([C@H]1C(=O)NC(CC1CCC1)C(=O)C(=O)NC)C2(C)C)C(C)(C)C.COC(=O)[C@@H]1[C@@H]2[C@H](CN1C(=O)[C@@H](N)C(C)(C)C)C2(C)C.COC(=O)[C@@H]1[C@@H]2[C@H](CN1C(=O)[C@@H](NC(=O)Oc1ccc([N+](=O)[O-])cc1)C(C)(C)C)C2(C)C.Cl. The highest BCUT2D eigenvalue weighted by molar-refractivity contribution is 6.38. The maximum absolute atomic E-state index is 13.7. The number of nitrogens with two attached hydrogens (primary N) is 1. The molecule has 628 valence electrons. The predicted octanol–water partition coefficient (Wildman–Crippen LogP) is 5.98. The molecule has 0 aromatic heterocycles. The number of ketones is 1. The van der Waals surface area contributed by atoms with E-state index >= 15 is 0 Å². The second-order valence-electron chi connectivity index (χ2n) is 38.1. The maximum Gasteiger partial charge on any atom is 0.413 e. The number of benzene rings is 1. The van der Waals surface area contributed by atoms with Crippen LogP contribution in [0.5, 0.6) is 5.75 Å². The van der Waals surface area contributed by atoms with E-state index < -0.39 is 117 Å². The summed E-state index contributed by atoms with van der Waals surface area (Å²) in [5, 5.41) is 29.0. The highest BCUT2D eigenvalue weighted by Gasteiger charge is 2.74. The Kier molecular flexibility index (Phi) is 28.0. The van der Waals surface area contributed by atoms with Crippen LogP contribution >= 0.6 is 12.4 Å². The summed E-state index contributed by atoms with van der Waals surface area (Å²) in [5.74, 6) is -2.33. The van der Waals surface area contributed by atoms with Gasteiger partial charge in [0.2, 0.25) is 35.3 Å². The van der Waals surface area contributed by atoms with Crippen LogP contribution in [0.25, 0.3) is 0 Å². The number of likely N-dealkylation sites (tertiary alicyclic amines) is 4. The highest BCUT2D eigenvalue weighted by atomic mass is 35.5. The molecule has 4 saturated heterocycles. The minimum atomic E-state index is -0.958. The van der Waals surface area contributed by atoms with Crippen LogP contribution in [0.1, 0.15) is 164 Å². The van der Waals surface area contributed by atoms with Crippen molar-refractivity contribution >= 4 is 95.4 Å². The number of carbonyl (C=O) groups excluding carboxylic acids is 13. The van der Waals surface area contributed by atoms with Gasteiger partial charge in [-0.3, -0.25) is 43.7 Å². The van der Waals surface area contributed by atoms with E-state index in [4.69, 9.17) is 24.7 Å². The molecule has 9 N–H and O–H groups in total. The first-order valence-corrected chi connectivity index (χ1v) is 38.5. The number of fused-ring (bicyclic) bond motifs is 4. The smallest absolute Gasteiger partial charge is 0.413 e. The second-order valence-corrected chi connectivity index (χ2v) is 38.1. The first-order chi connectivity index (χ1) is 51.0. The number of carbonyl (C=O) groups is 13. The van der Waals surface area contributed by atoms with E-state index in [9.17, 15) is 72.4 Å². The molecule has 9 fully saturated rings. The van der Waals surface area contributed by atoms with E-state index in [1.165, 1.54) is 71.6 Å². The van der Waals surface area contributed by atoms with Gasteiger partial charge in [-0.05, 0) is 97.4 Å². The number of nitro benzene ring substituents is 1. The van der Waals surface area contributed by atoms with Gasteiger partial charge in [0.25, 0.3) is 11.6 Å². The number of esters is 3. The number of amides is 11. The zero-order valence-electron chi connectivity index (χ0n) is 70.3. The number of nitrogens with one attached hydrogen (secondary N) is 7. The van der Waals surface area contributed by atoms with Crippen molar-refractivity contribution in [3.05, 3.63) is 34.4 Å². The van der Waals surface area contributed by atoms with E-state index in [0.717, 1.165) is 19.3 Å². The van der Waals surface area contributed by atoms with Crippen LogP contribution in [-0.2, 0) is 62.2 Å². The first-order valence-electron chi connectivity index (χ1n) is 38.5. The van der Waals surface area contributed by atoms with Crippen LogP contribution in [0.15, 0.2) is 24.3 Å². The van der Waals surface area contributed by atoms with Gasteiger partial charge in [0.1, 0.15) is 48.0 Å². The minimum absolute atomic E-state index is 0. The van der Waals surface area contributed by atoms with Crippen LogP contribution in [0.4, 0.5) is 20.1 Å². The molecule has 11 amide bonds. The lowest BCUT2D eigenvalue weighted by molar-refractivity contribution is -0.384. The normalized spacial score (nSPS) is 27.1. The van der Waals surface area contributed by atoms with Gasteiger partial charge in [-0.1, -0.05) is 158 Å². The maximum atomic E-state index is 13.7. The molecule has 2 unspecified atom stereocenters. The fourth-order valence-electron chi connectivity index (χ4n) is 17.6. The van der Waals surface area contributed by atoms with Crippen molar-refractivity contribution in [3.63, 3.8) is 0 Å². The molecular weight excluding hydrogens is 1470 g/mol. The number of methoxy groups -OCH3 is 3. The number of nitro groups is 1. The van der Waals surface area contributed by atoms with Crippen LogP contribution < -0.4 is 47.7 Å². The lowest BCUT2D eigenvalue weighted by atomic mass is 9.80. The Labute approximate surface area is 665 Å². The molecule has 9 aliphatic rings. The molecule has 5 aliphatic carbocycles. The number of hydrogen-bond donors (Lipinski definition) is 8. The Balaban J connectivity index is 0.000000237. The summed E-state index contributed by atoms with van der Waals surface area (Å²) in [5.41, 5.74) is 3.86. The third-order valence-corrected chi connectivity index (χ3v) is 25.5. The van der Waals surface area contributed by atoms with Crippen molar-refractivity contribution in [2.24, 2.45) is 102 Å². The number of halogens is 1. The molecule has 0 radical (unpaired) electrons. The van der Waals surface area contributed by atoms with Crippen LogP contribution in [0.2, 0.25) is 0 Å². The molecule has 33 heteroatoms. The van der Waals surface area contributed by atoms with E-state index in [1.807, 2.05) is 62.3 Å². The topological polar surface area (TPSA) is 425 Å². The van der Waals surface area contributed by atoms with E-state index in [0.29, 0.717) is 50.4 Å². The molecule has 0 spiro atoms. The third kappa shape index (κ3) is 19.2. The average molecular weight is 1600 g/mol. The lowest BCUT2D eigenvalue weighted by Crippen LogP contribution is -2.61. The number of non-ortho nitro benzene ring substituents is 1. The molecule has 1 aromatic carbocycles. The fourth-order valence-corrected chi connectivity index (χ4v) is 17.6.